The molecule has 0 spiro atoms. The highest BCUT2D eigenvalue weighted by Crippen LogP contribution is 2.20. The third-order valence-corrected chi connectivity index (χ3v) is 3.42. The van der Waals surface area contributed by atoms with Crippen LogP contribution in [-0.4, -0.2) is 30.1 Å². The van der Waals surface area contributed by atoms with Gasteiger partial charge in [-0.05, 0) is 36.0 Å². The summed E-state index contributed by atoms with van der Waals surface area (Å²) in [5.74, 6) is -0.134. The molecule has 5 heteroatoms. The fraction of sp³-hybridized carbons (Fsp3) is 0.529. The first-order chi connectivity index (χ1) is 10.3. The van der Waals surface area contributed by atoms with Gasteiger partial charge in [0.2, 0.25) is 11.8 Å². The average molecular weight is 306 g/mol. The molecule has 0 unspecified atom stereocenters. The van der Waals surface area contributed by atoms with Crippen LogP contribution < -0.4 is 10.6 Å². The van der Waals surface area contributed by atoms with Crippen molar-refractivity contribution < 1.29 is 14.7 Å². The van der Waals surface area contributed by atoms with Gasteiger partial charge in [-0.2, -0.15) is 0 Å². The van der Waals surface area contributed by atoms with E-state index in [1.807, 2.05) is 26.0 Å². The second-order valence-electron chi connectivity index (χ2n) is 6.33. The Morgan fingerprint density at radius 1 is 1.18 bits per heavy atom. The molecule has 5 nitrogen and oxygen atoms in total. The number of hydrogen-bond acceptors (Lipinski definition) is 3. The quantitative estimate of drug-likeness (QED) is 0.644. The fourth-order valence-corrected chi connectivity index (χ4v) is 2.03. The molecule has 22 heavy (non-hydrogen) atoms. The highest BCUT2D eigenvalue weighted by molar-refractivity contribution is 5.88. The molecule has 3 N–H and O–H groups in total. The van der Waals surface area contributed by atoms with Gasteiger partial charge < -0.3 is 15.7 Å². The summed E-state index contributed by atoms with van der Waals surface area (Å²) < 4.78 is 0. The molecule has 0 atom stereocenters. The maximum atomic E-state index is 11.8. The van der Waals surface area contributed by atoms with Crippen LogP contribution in [0.5, 0.6) is 0 Å². The van der Waals surface area contributed by atoms with Gasteiger partial charge >= 0.3 is 0 Å². The smallest absolute Gasteiger partial charge is 0.224 e. The first-order valence-corrected chi connectivity index (χ1v) is 7.56. The third-order valence-electron chi connectivity index (χ3n) is 3.42. The molecule has 0 aromatic heterocycles. The van der Waals surface area contributed by atoms with E-state index in [4.69, 9.17) is 5.11 Å². The second-order valence-corrected chi connectivity index (χ2v) is 6.33. The number of carbonyl (C=O) groups excluding carboxylic acids is 2. The van der Waals surface area contributed by atoms with E-state index in [0.29, 0.717) is 13.0 Å². The zero-order valence-electron chi connectivity index (χ0n) is 13.6. The number of benzene rings is 1. The van der Waals surface area contributed by atoms with Crippen molar-refractivity contribution in [3.05, 3.63) is 29.8 Å². The fourth-order valence-electron chi connectivity index (χ4n) is 2.03. The summed E-state index contributed by atoms with van der Waals surface area (Å²) in [5.41, 5.74) is 1.54. The summed E-state index contributed by atoms with van der Waals surface area (Å²) in [4.78, 5) is 22.8. The molecule has 1 aromatic carbocycles. The molecular formula is C17H26N2O3. The number of nitrogens with one attached hydrogen (secondary N) is 2. The van der Waals surface area contributed by atoms with Crippen LogP contribution in [0.3, 0.4) is 0 Å². The Kier molecular flexibility index (Phi) is 7.05. The van der Waals surface area contributed by atoms with Gasteiger partial charge in [-0.25, -0.2) is 0 Å². The molecule has 0 saturated heterocycles. The van der Waals surface area contributed by atoms with Crippen LogP contribution in [-0.2, 0) is 16.0 Å². The van der Waals surface area contributed by atoms with Gasteiger partial charge in [0.05, 0.1) is 6.42 Å². The van der Waals surface area contributed by atoms with Crippen molar-refractivity contribution in [3.8, 4) is 0 Å². The molecule has 0 heterocycles. The number of anilines is 1. The van der Waals surface area contributed by atoms with E-state index < -0.39 is 0 Å². The number of aliphatic hydroxyl groups is 1. The van der Waals surface area contributed by atoms with Crippen molar-refractivity contribution in [2.75, 3.05) is 18.5 Å². The molecule has 1 aromatic rings. The summed E-state index contributed by atoms with van der Waals surface area (Å²) in [6, 6.07) is 7.24. The van der Waals surface area contributed by atoms with Crippen molar-refractivity contribution in [1.82, 2.24) is 5.32 Å². The zero-order chi connectivity index (χ0) is 16.6. The Hall–Kier alpha value is -1.88. The summed E-state index contributed by atoms with van der Waals surface area (Å²) in [6.45, 7) is 6.24. The zero-order valence-corrected chi connectivity index (χ0v) is 13.6. The van der Waals surface area contributed by atoms with E-state index in [2.05, 4.69) is 10.6 Å². The van der Waals surface area contributed by atoms with Crippen LogP contribution in [0.25, 0.3) is 0 Å². The van der Waals surface area contributed by atoms with Gasteiger partial charge in [-0.3, -0.25) is 9.59 Å². The first-order valence-electron chi connectivity index (χ1n) is 7.56. The van der Waals surface area contributed by atoms with Gasteiger partial charge in [-0.1, -0.05) is 26.0 Å². The van der Waals surface area contributed by atoms with Crippen molar-refractivity contribution in [2.45, 2.75) is 40.0 Å². The molecule has 1 rings (SSSR count). The standard InChI is InChI=1S/C17H26N2O3/c1-13(21)19-15-7-5-14(6-8-15)11-16(22)18-10-4-9-17(2,3)12-20/h5-8,20H,4,9-12H2,1-3H3,(H,18,22)(H,19,21). The molecule has 0 aliphatic carbocycles. The summed E-state index contributed by atoms with van der Waals surface area (Å²) in [7, 11) is 0. The highest BCUT2D eigenvalue weighted by atomic mass is 16.3. The predicted octanol–water partition coefficient (Wildman–Crippen LogP) is 2.10. The Morgan fingerprint density at radius 2 is 1.82 bits per heavy atom. The minimum Gasteiger partial charge on any atom is -0.396 e. The molecule has 0 saturated carbocycles. The summed E-state index contributed by atoms with van der Waals surface area (Å²) in [5, 5.41) is 14.7. The van der Waals surface area contributed by atoms with Crippen LogP contribution >= 0.6 is 0 Å². The van der Waals surface area contributed by atoms with Crippen molar-refractivity contribution in [2.24, 2.45) is 5.41 Å². The van der Waals surface area contributed by atoms with Crippen LogP contribution in [0.15, 0.2) is 24.3 Å². The molecule has 0 aliphatic heterocycles. The molecule has 0 fully saturated rings. The normalized spacial score (nSPS) is 11.1. The first kappa shape index (κ1) is 18.2. The monoisotopic (exact) mass is 306 g/mol. The predicted molar refractivity (Wildman–Crippen MR) is 87.6 cm³/mol. The second kappa shape index (κ2) is 8.54. The maximum absolute atomic E-state index is 11.8. The van der Waals surface area contributed by atoms with Crippen LogP contribution in [0, 0.1) is 5.41 Å². The number of aliphatic hydroxyl groups excluding tert-OH is 1. The van der Waals surface area contributed by atoms with E-state index in [-0.39, 0.29) is 23.8 Å². The number of hydrogen-bond donors (Lipinski definition) is 3. The van der Waals surface area contributed by atoms with E-state index in [0.717, 1.165) is 24.1 Å². The topological polar surface area (TPSA) is 78.4 Å². The van der Waals surface area contributed by atoms with Crippen molar-refractivity contribution in [1.29, 1.82) is 0 Å². The maximum Gasteiger partial charge on any atom is 0.224 e. The Labute approximate surface area is 132 Å². The van der Waals surface area contributed by atoms with Crippen LogP contribution in [0.4, 0.5) is 5.69 Å². The minimum absolute atomic E-state index is 0.0194. The number of amides is 2. The lowest BCUT2D eigenvalue weighted by atomic mass is 9.89. The summed E-state index contributed by atoms with van der Waals surface area (Å²) in [6.07, 6.45) is 2.04. The van der Waals surface area contributed by atoms with Crippen LogP contribution in [0.1, 0.15) is 39.2 Å². The SMILES string of the molecule is CC(=O)Nc1ccc(CC(=O)NCCCC(C)(C)CO)cc1. The van der Waals surface area contributed by atoms with Gasteiger partial charge in [0.1, 0.15) is 0 Å². The molecule has 0 aliphatic rings. The Bertz CT molecular complexity index is 495. The van der Waals surface area contributed by atoms with Gasteiger partial charge in [0.25, 0.3) is 0 Å². The minimum atomic E-state index is -0.115. The van der Waals surface area contributed by atoms with Gasteiger partial charge in [-0.15, -0.1) is 0 Å². The lowest BCUT2D eigenvalue weighted by Gasteiger charge is -2.21. The number of carbonyl (C=O) groups is 2. The third kappa shape index (κ3) is 7.22. The highest BCUT2D eigenvalue weighted by Gasteiger charge is 2.15. The molecular weight excluding hydrogens is 280 g/mol. The number of rotatable bonds is 8. The van der Waals surface area contributed by atoms with E-state index in [1.165, 1.54) is 6.92 Å². The van der Waals surface area contributed by atoms with E-state index in [9.17, 15) is 9.59 Å². The lowest BCUT2D eigenvalue weighted by Crippen LogP contribution is -2.27. The van der Waals surface area contributed by atoms with Gasteiger partial charge in [0.15, 0.2) is 0 Å². The molecule has 122 valence electrons. The Morgan fingerprint density at radius 3 is 2.36 bits per heavy atom. The largest absolute Gasteiger partial charge is 0.396 e. The lowest BCUT2D eigenvalue weighted by molar-refractivity contribution is -0.120. The molecule has 0 bridgehead atoms. The van der Waals surface area contributed by atoms with Crippen LogP contribution in [0.2, 0.25) is 0 Å². The Balaban J connectivity index is 2.31. The molecule has 2 amide bonds. The van der Waals surface area contributed by atoms with Crippen molar-refractivity contribution >= 4 is 17.5 Å². The van der Waals surface area contributed by atoms with Crippen molar-refractivity contribution in [3.63, 3.8) is 0 Å². The van der Waals surface area contributed by atoms with E-state index >= 15 is 0 Å². The van der Waals surface area contributed by atoms with Gasteiger partial charge in [0, 0.05) is 25.8 Å². The average Bonchev–Trinajstić information content (AvgIpc) is 2.45. The van der Waals surface area contributed by atoms with E-state index in [1.54, 1.807) is 12.1 Å². The summed E-state index contributed by atoms with van der Waals surface area (Å²) >= 11 is 0. The molecule has 0 radical (unpaired) electrons.